The van der Waals surface area contributed by atoms with Gasteiger partial charge in [-0.3, -0.25) is 0 Å². The highest BCUT2D eigenvalue weighted by atomic mass is 19.3. The molecule has 0 bridgehead atoms. The summed E-state index contributed by atoms with van der Waals surface area (Å²) in [5.74, 6) is -2.09. The Labute approximate surface area is 98.7 Å². The van der Waals surface area contributed by atoms with E-state index in [2.05, 4.69) is 15.3 Å². The maximum atomic E-state index is 13.2. The van der Waals surface area contributed by atoms with Crippen LogP contribution in [0.2, 0.25) is 0 Å². The van der Waals surface area contributed by atoms with Crippen molar-refractivity contribution in [3.63, 3.8) is 0 Å². The van der Waals surface area contributed by atoms with E-state index in [0.717, 1.165) is 30.0 Å². The third-order valence-electron chi connectivity index (χ3n) is 3.68. The highest BCUT2D eigenvalue weighted by molar-refractivity contribution is 5.29. The van der Waals surface area contributed by atoms with E-state index in [1.54, 1.807) is 0 Å². The molecule has 1 aromatic rings. The minimum atomic E-state index is -2.53. The second-order valence-corrected chi connectivity index (χ2v) is 4.99. The molecule has 1 aromatic heterocycles. The summed E-state index contributed by atoms with van der Waals surface area (Å²) >= 11 is 0. The molecule has 0 spiro atoms. The van der Waals surface area contributed by atoms with Crippen molar-refractivity contribution in [2.45, 2.75) is 51.1 Å². The number of aromatic nitrogens is 2. The van der Waals surface area contributed by atoms with Gasteiger partial charge in [0.2, 0.25) is 5.92 Å². The number of halogens is 2. The highest BCUT2D eigenvalue weighted by Crippen LogP contribution is 2.43. The van der Waals surface area contributed by atoms with Crippen LogP contribution in [0.3, 0.4) is 0 Å². The number of alkyl halides is 2. The largest absolute Gasteiger partial charge is 0.307 e. The van der Waals surface area contributed by atoms with Gasteiger partial charge in [0.25, 0.3) is 0 Å². The van der Waals surface area contributed by atoms with Crippen LogP contribution in [-0.2, 0) is 13.1 Å². The van der Waals surface area contributed by atoms with Crippen LogP contribution in [0, 0.1) is 6.92 Å². The standard InChI is InChI=1S/C12H15F2N3/c1-7-9-5-15-6-10(9)17-11(16-7)8-2-3-12(13,14)4-8/h8,15H,2-6H2,1H3. The molecule has 1 aliphatic carbocycles. The lowest BCUT2D eigenvalue weighted by Crippen LogP contribution is -2.11. The van der Waals surface area contributed by atoms with Crippen molar-refractivity contribution in [2.24, 2.45) is 0 Å². The van der Waals surface area contributed by atoms with Crippen LogP contribution in [-0.4, -0.2) is 15.9 Å². The van der Waals surface area contributed by atoms with E-state index >= 15 is 0 Å². The van der Waals surface area contributed by atoms with E-state index < -0.39 is 5.92 Å². The molecular weight excluding hydrogens is 224 g/mol. The smallest absolute Gasteiger partial charge is 0.248 e. The molecule has 2 heterocycles. The Morgan fingerprint density at radius 3 is 2.82 bits per heavy atom. The Kier molecular flexibility index (Phi) is 2.40. The van der Waals surface area contributed by atoms with Crippen molar-refractivity contribution >= 4 is 0 Å². The molecule has 17 heavy (non-hydrogen) atoms. The summed E-state index contributed by atoms with van der Waals surface area (Å²) in [6.07, 6.45) is 0.368. The number of hydrogen-bond donors (Lipinski definition) is 1. The van der Waals surface area contributed by atoms with Crippen LogP contribution in [0.25, 0.3) is 0 Å². The van der Waals surface area contributed by atoms with Crippen LogP contribution in [0.15, 0.2) is 0 Å². The molecule has 92 valence electrons. The number of rotatable bonds is 1. The number of nitrogens with zero attached hydrogens (tertiary/aromatic N) is 2. The molecule has 2 aliphatic rings. The molecule has 1 unspecified atom stereocenters. The van der Waals surface area contributed by atoms with E-state index in [-0.39, 0.29) is 18.8 Å². The molecule has 0 radical (unpaired) electrons. The van der Waals surface area contributed by atoms with Crippen molar-refractivity contribution in [2.75, 3.05) is 0 Å². The third kappa shape index (κ3) is 1.92. The Hall–Kier alpha value is -1.10. The van der Waals surface area contributed by atoms with Gasteiger partial charge in [0.1, 0.15) is 5.82 Å². The third-order valence-corrected chi connectivity index (χ3v) is 3.68. The summed E-state index contributed by atoms with van der Waals surface area (Å²) in [5, 5.41) is 3.21. The Balaban J connectivity index is 1.92. The maximum absolute atomic E-state index is 13.2. The molecule has 0 amide bonds. The van der Waals surface area contributed by atoms with Gasteiger partial charge in [-0.25, -0.2) is 18.7 Å². The molecule has 1 fully saturated rings. The predicted octanol–water partition coefficient (Wildman–Crippen LogP) is 2.29. The first-order valence-corrected chi connectivity index (χ1v) is 6.00. The van der Waals surface area contributed by atoms with Gasteiger partial charge in [0.15, 0.2) is 0 Å². The van der Waals surface area contributed by atoms with Crippen molar-refractivity contribution in [3.8, 4) is 0 Å². The lowest BCUT2D eigenvalue weighted by molar-refractivity contribution is 0.00753. The van der Waals surface area contributed by atoms with Gasteiger partial charge in [0.05, 0.1) is 5.69 Å². The molecule has 1 saturated carbocycles. The SMILES string of the molecule is Cc1nc(C2CCC(F)(F)C2)nc2c1CNC2. The van der Waals surface area contributed by atoms with Crippen LogP contribution in [0.5, 0.6) is 0 Å². The molecule has 1 N–H and O–H groups in total. The lowest BCUT2D eigenvalue weighted by Gasteiger charge is -2.12. The first-order valence-electron chi connectivity index (χ1n) is 6.00. The first kappa shape index (κ1) is 11.0. The minimum absolute atomic E-state index is 0.0323. The van der Waals surface area contributed by atoms with E-state index in [0.29, 0.717) is 12.2 Å². The summed E-state index contributed by atoms with van der Waals surface area (Å²) in [4.78, 5) is 8.86. The van der Waals surface area contributed by atoms with Crippen molar-refractivity contribution < 1.29 is 8.78 Å². The number of nitrogens with one attached hydrogen (secondary N) is 1. The normalized spacial score (nSPS) is 26.2. The quantitative estimate of drug-likeness (QED) is 0.817. The number of hydrogen-bond acceptors (Lipinski definition) is 3. The zero-order valence-electron chi connectivity index (χ0n) is 9.76. The van der Waals surface area contributed by atoms with Gasteiger partial charge in [-0.2, -0.15) is 0 Å². The fourth-order valence-corrected chi connectivity index (χ4v) is 2.71. The van der Waals surface area contributed by atoms with Crippen LogP contribution >= 0.6 is 0 Å². The second kappa shape index (κ2) is 3.70. The molecule has 1 atom stereocenters. The molecular formula is C12H15F2N3. The van der Waals surface area contributed by atoms with E-state index in [1.807, 2.05) is 6.92 Å². The van der Waals surface area contributed by atoms with Crippen LogP contribution < -0.4 is 5.32 Å². The number of aryl methyl sites for hydroxylation is 1. The van der Waals surface area contributed by atoms with E-state index in [4.69, 9.17) is 0 Å². The minimum Gasteiger partial charge on any atom is -0.307 e. The zero-order chi connectivity index (χ0) is 12.0. The van der Waals surface area contributed by atoms with Gasteiger partial charge in [0, 0.05) is 43.1 Å². The summed E-state index contributed by atoms with van der Waals surface area (Å²) in [7, 11) is 0. The predicted molar refractivity (Wildman–Crippen MR) is 58.9 cm³/mol. The topological polar surface area (TPSA) is 37.8 Å². The van der Waals surface area contributed by atoms with Gasteiger partial charge in [-0.15, -0.1) is 0 Å². The molecule has 3 rings (SSSR count). The summed E-state index contributed by atoms with van der Waals surface area (Å²) in [6.45, 7) is 3.46. The molecule has 0 saturated heterocycles. The monoisotopic (exact) mass is 239 g/mol. The van der Waals surface area contributed by atoms with Gasteiger partial charge >= 0.3 is 0 Å². The second-order valence-electron chi connectivity index (χ2n) is 4.99. The van der Waals surface area contributed by atoms with Gasteiger partial charge in [-0.05, 0) is 13.3 Å². The summed E-state index contributed by atoms with van der Waals surface area (Å²) < 4.78 is 26.4. The van der Waals surface area contributed by atoms with Gasteiger partial charge in [-0.1, -0.05) is 0 Å². The highest BCUT2D eigenvalue weighted by Gasteiger charge is 2.41. The van der Waals surface area contributed by atoms with Gasteiger partial charge < -0.3 is 5.32 Å². The zero-order valence-corrected chi connectivity index (χ0v) is 9.76. The van der Waals surface area contributed by atoms with Crippen LogP contribution in [0.1, 0.15) is 48.0 Å². The number of fused-ring (bicyclic) bond motifs is 1. The van der Waals surface area contributed by atoms with Crippen molar-refractivity contribution in [1.29, 1.82) is 0 Å². The maximum Gasteiger partial charge on any atom is 0.248 e. The van der Waals surface area contributed by atoms with Crippen molar-refractivity contribution in [1.82, 2.24) is 15.3 Å². The molecule has 0 aromatic carbocycles. The Morgan fingerprint density at radius 2 is 2.12 bits per heavy atom. The van der Waals surface area contributed by atoms with Crippen molar-refractivity contribution in [3.05, 3.63) is 22.8 Å². The van der Waals surface area contributed by atoms with E-state index in [9.17, 15) is 8.78 Å². The molecule has 1 aliphatic heterocycles. The van der Waals surface area contributed by atoms with E-state index in [1.165, 1.54) is 0 Å². The Bertz CT molecular complexity index is 459. The Morgan fingerprint density at radius 1 is 1.29 bits per heavy atom. The first-order chi connectivity index (χ1) is 8.05. The lowest BCUT2D eigenvalue weighted by atomic mass is 10.1. The average Bonchev–Trinajstić information content (AvgIpc) is 2.84. The fourth-order valence-electron chi connectivity index (χ4n) is 2.71. The summed E-state index contributed by atoms with van der Waals surface area (Å²) in [5.41, 5.74) is 3.06. The van der Waals surface area contributed by atoms with Crippen LogP contribution in [0.4, 0.5) is 8.78 Å². The fraction of sp³-hybridized carbons (Fsp3) is 0.667. The average molecular weight is 239 g/mol. The summed E-state index contributed by atoms with van der Waals surface area (Å²) in [6, 6.07) is 0. The molecule has 3 nitrogen and oxygen atoms in total. The molecule has 5 heteroatoms.